The Morgan fingerprint density at radius 2 is 2.13 bits per heavy atom. The Morgan fingerprint density at radius 1 is 1.40 bits per heavy atom. The molecule has 5 heteroatoms. The third-order valence-electron chi connectivity index (χ3n) is 1.71. The molecule has 0 aromatic heterocycles. The molecule has 0 saturated carbocycles. The molecule has 0 heterocycles. The minimum atomic E-state index is -0.986. The summed E-state index contributed by atoms with van der Waals surface area (Å²) in [5.74, 6) is -2.33. The van der Waals surface area contributed by atoms with Crippen LogP contribution in [0.2, 0.25) is 0 Å². The van der Waals surface area contributed by atoms with E-state index in [1.54, 1.807) is 6.07 Å². The number of hydrogen-bond acceptors (Lipinski definition) is 2. The molecule has 0 aliphatic carbocycles. The Balaban J connectivity index is 2.62. The second-order valence-corrected chi connectivity index (χ2v) is 2.86. The summed E-state index contributed by atoms with van der Waals surface area (Å²) in [5.41, 5.74) is 0.365. The lowest BCUT2D eigenvalue weighted by Gasteiger charge is -2.01. The molecular formula is C10H8F2N2O. The summed E-state index contributed by atoms with van der Waals surface area (Å²) < 4.78 is 25.2. The molecule has 0 aliphatic rings. The Bertz CT molecular complexity index is 412. The van der Waals surface area contributed by atoms with Crippen LogP contribution in [0, 0.1) is 23.0 Å². The first-order valence-electron chi connectivity index (χ1n) is 4.21. The summed E-state index contributed by atoms with van der Waals surface area (Å²) in [6, 6.07) is 4.98. The fourth-order valence-electron chi connectivity index (χ4n) is 1.04. The normalized spacial score (nSPS) is 9.40. The molecule has 1 rings (SSSR count). The number of carbonyl (C=O) groups excluding carboxylic acids is 1. The average molecular weight is 210 g/mol. The number of hydrogen-bond donors (Lipinski definition) is 1. The molecule has 15 heavy (non-hydrogen) atoms. The maximum absolute atomic E-state index is 12.7. The van der Waals surface area contributed by atoms with Crippen molar-refractivity contribution in [2.75, 3.05) is 6.54 Å². The molecule has 78 valence electrons. The van der Waals surface area contributed by atoms with Gasteiger partial charge >= 0.3 is 0 Å². The van der Waals surface area contributed by atoms with E-state index in [2.05, 4.69) is 5.32 Å². The maximum Gasteiger partial charge on any atom is 0.225 e. The zero-order chi connectivity index (χ0) is 11.3. The van der Waals surface area contributed by atoms with Crippen LogP contribution in [0.15, 0.2) is 18.2 Å². The van der Waals surface area contributed by atoms with Crippen molar-refractivity contribution in [1.29, 1.82) is 5.26 Å². The number of nitrogens with zero attached hydrogens (tertiary/aromatic N) is 1. The zero-order valence-electron chi connectivity index (χ0n) is 7.76. The second-order valence-electron chi connectivity index (χ2n) is 2.86. The van der Waals surface area contributed by atoms with Gasteiger partial charge < -0.3 is 5.32 Å². The van der Waals surface area contributed by atoms with Crippen LogP contribution in [0.3, 0.4) is 0 Å². The third-order valence-corrected chi connectivity index (χ3v) is 1.71. The first-order chi connectivity index (χ1) is 7.13. The summed E-state index contributed by atoms with van der Waals surface area (Å²) in [6.45, 7) is -0.0947. The standard InChI is InChI=1S/C10H8F2N2O/c11-8-2-1-7(5-9(8)12)6-10(15)14-4-3-13/h1-2,5H,4,6H2,(H,14,15). The lowest BCUT2D eigenvalue weighted by molar-refractivity contribution is -0.120. The molecule has 0 atom stereocenters. The quantitative estimate of drug-likeness (QED) is 0.761. The molecule has 0 spiro atoms. The summed E-state index contributed by atoms with van der Waals surface area (Å²) in [4.78, 5) is 11.1. The van der Waals surface area contributed by atoms with Crippen molar-refractivity contribution in [2.45, 2.75) is 6.42 Å². The van der Waals surface area contributed by atoms with Crippen LogP contribution in [-0.2, 0) is 11.2 Å². The van der Waals surface area contributed by atoms with Crippen LogP contribution in [0.5, 0.6) is 0 Å². The van der Waals surface area contributed by atoms with E-state index in [4.69, 9.17) is 5.26 Å². The Kier molecular flexibility index (Phi) is 3.75. The van der Waals surface area contributed by atoms with Gasteiger partial charge in [-0.15, -0.1) is 0 Å². The summed E-state index contributed by atoms with van der Waals surface area (Å²) in [7, 11) is 0. The van der Waals surface area contributed by atoms with Crippen LogP contribution < -0.4 is 5.32 Å². The van der Waals surface area contributed by atoms with Crippen molar-refractivity contribution < 1.29 is 13.6 Å². The SMILES string of the molecule is N#CCNC(=O)Cc1ccc(F)c(F)c1. The molecule has 0 fully saturated rings. The van der Waals surface area contributed by atoms with E-state index in [1.165, 1.54) is 6.07 Å². The predicted molar refractivity (Wildman–Crippen MR) is 48.7 cm³/mol. The molecule has 1 aromatic carbocycles. The number of nitrogens with one attached hydrogen (secondary N) is 1. The number of carbonyl (C=O) groups is 1. The number of benzene rings is 1. The van der Waals surface area contributed by atoms with E-state index in [0.717, 1.165) is 12.1 Å². The van der Waals surface area contributed by atoms with E-state index < -0.39 is 17.5 Å². The molecule has 0 radical (unpaired) electrons. The van der Waals surface area contributed by atoms with Gasteiger partial charge in [-0.3, -0.25) is 4.79 Å². The zero-order valence-corrected chi connectivity index (χ0v) is 7.76. The van der Waals surface area contributed by atoms with E-state index in [-0.39, 0.29) is 13.0 Å². The second kappa shape index (κ2) is 5.05. The van der Waals surface area contributed by atoms with Crippen molar-refractivity contribution >= 4 is 5.91 Å². The molecule has 1 amide bonds. The Morgan fingerprint density at radius 3 is 2.73 bits per heavy atom. The van der Waals surface area contributed by atoms with E-state index in [1.807, 2.05) is 0 Å². The fraction of sp³-hybridized carbons (Fsp3) is 0.200. The highest BCUT2D eigenvalue weighted by Crippen LogP contribution is 2.08. The first kappa shape index (κ1) is 11.1. The van der Waals surface area contributed by atoms with Crippen LogP contribution in [0.4, 0.5) is 8.78 Å². The molecule has 1 aromatic rings. The van der Waals surface area contributed by atoms with Gasteiger partial charge in [0.1, 0.15) is 6.54 Å². The largest absolute Gasteiger partial charge is 0.343 e. The van der Waals surface area contributed by atoms with Crippen molar-refractivity contribution in [1.82, 2.24) is 5.32 Å². The highest BCUT2D eigenvalue weighted by molar-refractivity contribution is 5.78. The maximum atomic E-state index is 12.7. The van der Waals surface area contributed by atoms with Gasteiger partial charge in [0.05, 0.1) is 12.5 Å². The van der Waals surface area contributed by atoms with Gasteiger partial charge in [-0.2, -0.15) is 5.26 Å². The van der Waals surface area contributed by atoms with Gasteiger partial charge in [0, 0.05) is 0 Å². The minimum absolute atomic E-state index is 0.0706. The summed E-state index contributed by atoms with van der Waals surface area (Å²) in [5, 5.41) is 10.5. The van der Waals surface area contributed by atoms with Crippen molar-refractivity contribution in [3.63, 3.8) is 0 Å². The Labute approximate surface area is 85.3 Å². The number of halogens is 2. The third kappa shape index (κ3) is 3.35. The smallest absolute Gasteiger partial charge is 0.225 e. The Hall–Kier alpha value is -1.96. The van der Waals surface area contributed by atoms with Gasteiger partial charge in [-0.25, -0.2) is 8.78 Å². The predicted octanol–water partition coefficient (Wildman–Crippen LogP) is 1.15. The number of amides is 1. The molecule has 1 N–H and O–H groups in total. The molecular weight excluding hydrogens is 202 g/mol. The average Bonchev–Trinajstić information content (AvgIpc) is 2.20. The fourth-order valence-corrected chi connectivity index (χ4v) is 1.04. The van der Waals surface area contributed by atoms with Crippen LogP contribution >= 0.6 is 0 Å². The lowest BCUT2D eigenvalue weighted by Crippen LogP contribution is -2.25. The van der Waals surface area contributed by atoms with E-state index in [9.17, 15) is 13.6 Å². The first-order valence-corrected chi connectivity index (χ1v) is 4.21. The van der Waals surface area contributed by atoms with Gasteiger partial charge in [0.2, 0.25) is 5.91 Å². The highest BCUT2D eigenvalue weighted by Gasteiger charge is 2.06. The number of nitriles is 1. The van der Waals surface area contributed by atoms with Gasteiger partial charge in [-0.05, 0) is 17.7 Å². The van der Waals surface area contributed by atoms with Gasteiger partial charge in [0.15, 0.2) is 11.6 Å². The van der Waals surface area contributed by atoms with E-state index >= 15 is 0 Å². The van der Waals surface area contributed by atoms with Crippen LogP contribution in [0.1, 0.15) is 5.56 Å². The number of rotatable bonds is 3. The topological polar surface area (TPSA) is 52.9 Å². The van der Waals surface area contributed by atoms with Crippen LogP contribution in [-0.4, -0.2) is 12.5 Å². The summed E-state index contributed by atoms with van der Waals surface area (Å²) in [6.07, 6.45) is -0.0706. The molecule has 0 aliphatic heterocycles. The van der Waals surface area contributed by atoms with Gasteiger partial charge in [-0.1, -0.05) is 6.07 Å². The van der Waals surface area contributed by atoms with Crippen molar-refractivity contribution in [3.8, 4) is 6.07 Å². The summed E-state index contributed by atoms with van der Waals surface area (Å²) >= 11 is 0. The lowest BCUT2D eigenvalue weighted by atomic mass is 10.1. The van der Waals surface area contributed by atoms with Crippen molar-refractivity contribution in [2.24, 2.45) is 0 Å². The molecule has 0 unspecified atom stereocenters. The molecule has 3 nitrogen and oxygen atoms in total. The molecule has 0 bridgehead atoms. The minimum Gasteiger partial charge on any atom is -0.343 e. The highest BCUT2D eigenvalue weighted by atomic mass is 19.2. The van der Waals surface area contributed by atoms with Crippen LogP contribution in [0.25, 0.3) is 0 Å². The van der Waals surface area contributed by atoms with Gasteiger partial charge in [0.25, 0.3) is 0 Å². The van der Waals surface area contributed by atoms with E-state index in [0.29, 0.717) is 5.56 Å². The van der Waals surface area contributed by atoms with Crippen molar-refractivity contribution in [3.05, 3.63) is 35.4 Å². The monoisotopic (exact) mass is 210 g/mol. The molecule has 0 saturated heterocycles.